The lowest BCUT2D eigenvalue weighted by atomic mass is 10.3. The Balaban J connectivity index is 2.17. The van der Waals surface area contributed by atoms with E-state index < -0.39 is 11.1 Å². The highest BCUT2D eigenvalue weighted by Gasteiger charge is 2.14. The van der Waals surface area contributed by atoms with E-state index >= 15 is 0 Å². The third kappa shape index (κ3) is 1.79. The van der Waals surface area contributed by atoms with Crippen molar-refractivity contribution >= 4 is 22.7 Å². The molecule has 2 aromatic carbocycles. The Bertz CT molecular complexity index is 1170. The summed E-state index contributed by atoms with van der Waals surface area (Å²) in [4.78, 5) is 27.9. The molecule has 0 aliphatic carbocycles. The smallest absolute Gasteiger partial charge is 0.303 e. The number of halogens is 1. The van der Waals surface area contributed by atoms with E-state index in [0.717, 1.165) is 4.57 Å². The zero-order chi connectivity index (χ0) is 15.3. The number of nitrogens with zero attached hydrogens (tertiary/aromatic N) is 1. The number of nitrogens with one attached hydrogen (secondary N) is 1. The number of aromatic nitrogens is 2. The molecule has 0 saturated heterocycles. The second-order valence-electron chi connectivity index (χ2n) is 4.85. The predicted molar refractivity (Wildman–Crippen MR) is 82.7 cm³/mol. The molecule has 0 spiro atoms. The maximum atomic E-state index is 12.5. The topological polar surface area (TPSA) is 68.0 Å². The number of aromatic amines is 1. The van der Waals surface area contributed by atoms with Crippen molar-refractivity contribution in [2.75, 3.05) is 0 Å². The van der Waals surface area contributed by atoms with Gasteiger partial charge in [0.2, 0.25) is 5.42 Å². The second kappa shape index (κ2) is 4.61. The number of hydrogen-bond acceptors (Lipinski definition) is 3. The van der Waals surface area contributed by atoms with Crippen molar-refractivity contribution in [1.29, 1.82) is 0 Å². The first-order chi connectivity index (χ1) is 10.6. The number of fused-ring (bicyclic) bond motifs is 1. The van der Waals surface area contributed by atoms with E-state index in [1.165, 1.54) is 0 Å². The quantitative estimate of drug-likeness (QED) is 0.587. The fraction of sp³-hybridized carbons (Fsp3) is 0. The summed E-state index contributed by atoms with van der Waals surface area (Å²) >= 11 is 5.94. The van der Waals surface area contributed by atoms with Crippen LogP contribution in [-0.2, 0) is 0 Å². The fourth-order valence-electron chi connectivity index (χ4n) is 2.46. The third-order valence-electron chi connectivity index (χ3n) is 3.47. The highest BCUT2D eigenvalue weighted by Crippen LogP contribution is 2.17. The van der Waals surface area contributed by atoms with E-state index in [0.29, 0.717) is 21.8 Å². The summed E-state index contributed by atoms with van der Waals surface area (Å²) < 4.78 is 6.68. The van der Waals surface area contributed by atoms with Gasteiger partial charge in [0.1, 0.15) is 0 Å². The lowest BCUT2D eigenvalue weighted by Crippen LogP contribution is -2.24. The number of para-hydroxylation sites is 1. The standard InChI is InChI=1S/C16H9ClN2O3/c17-9-6-7-12-11(8-9)18-13-14(22-12)16(21)19(15(13)20)10-4-2-1-3-5-10/h1-8,18H. The van der Waals surface area contributed by atoms with Gasteiger partial charge in [0.05, 0.1) is 11.2 Å². The van der Waals surface area contributed by atoms with Gasteiger partial charge in [0, 0.05) is 5.02 Å². The lowest BCUT2D eigenvalue weighted by molar-refractivity contribution is 0.556. The average Bonchev–Trinajstić information content (AvgIpc) is 2.77. The number of benzene rings is 2. The summed E-state index contributed by atoms with van der Waals surface area (Å²) in [6.07, 6.45) is 0. The molecule has 2 aromatic rings. The molecule has 0 unspecified atom stereocenters. The lowest BCUT2D eigenvalue weighted by Gasteiger charge is -1.97. The van der Waals surface area contributed by atoms with Gasteiger partial charge in [-0.15, -0.1) is 0 Å². The van der Waals surface area contributed by atoms with Gasteiger partial charge in [-0.3, -0.25) is 9.59 Å². The van der Waals surface area contributed by atoms with Gasteiger partial charge >= 0.3 is 5.56 Å². The van der Waals surface area contributed by atoms with Gasteiger partial charge < -0.3 is 9.40 Å². The van der Waals surface area contributed by atoms with Crippen LogP contribution in [0.3, 0.4) is 0 Å². The molecule has 22 heavy (non-hydrogen) atoms. The van der Waals surface area contributed by atoms with Crippen LogP contribution in [0.2, 0.25) is 5.02 Å². The number of H-pyrrole nitrogens is 1. The Morgan fingerprint density at radius 1 is 1.00 bits per heavy atom. The summed E-state index contributed by atoms with van der Waals surface area (Å²) in [6, 6.07) is 13.7. The van der Waals surface area contributed by atoms with Crippen molar-refractivity contribution in [1.82, 2.24) is 9.55 Å². The predicted octanol–water partition coefficient (Wildman–Crippen LogP) is 2.65. The molecule has 2 heterocycles. The van der Waals surface area contributed by atoms with Crippen molar-refractivity contribution in [2.24, 2.45) is 0 Å². The summed E-state index contributed by atoms with van der Waals surface area (Å²) in [7, 11) is 0. The van der Waals surface area contributed by atoms with E-state index in [4.69, 9.17) is 16.0 Å². The molecule has 0 saturated carbocycles. The van der Waals surface area contributed by atoms with Crippen LogP contribution in [0.15, 0.2) is 62.5 Å². The van der Waals surface area contributed by atoms with Gasteiger partial charge in [-0.25, -0.2) is 4.57 Å². The first kappa shape index (κ1) is 12.9. The summed E-state index contributed by atoms with van der Waals surface area (Å²) in [5.74, 6) is 0. The van der Waals surface area contributed by atoms with Gasteiger partial charge in [0.15, 0.2) is 10.9 Å². The molecule has 0 aromatic heterocycles. The first-order valence-electron chi connectivity index (χ1n) is 6.58. The Hall–Kier alpha value is -2.79. The van der Waals surface area contributed by atoms with Crippen molar-refractivity contribution < 1.29 is 4.42 Å². The van der Waals surface area contributed by atoms with Crippen LogP contribution in [0.1, 0.15) is 0 Å². The minimum absolute atomic E-state index is 0.00340. The van der Waals surface area contributed by atoms with Crippen LogP contribution in [0.5, 0.6) is 0 Å². The second-order valence-corrected chi connectivity index (χ2v) is 5.29. The molecular formula is C16H9ClN2O3. The van der Waals surface area contributed by atoms with E-state index in [-0.39, 0.29) is 10.8 Å². The third-order valence-corrected chi connectivity index (χ3v) is 3.70. The molecule has 0 amide bonds. The van der Waals surface area contributed by atoms with Crippen LogP contribution < -0.4 is 11.1 Å². The average molecular weight is 313 g/mol. The molecular weight excluding hydrogens is 304 g/mol. The molecule has 2 aliphatic heterocycles. The highest BCUT2D eigenvalue weighted by atomic mass is 35.5. The van der Waals surface area contributed by atoms with Gasteiger partial charge in [-0.1, -0.05) is 29.8 Å². The first-order valence-corrected chi connectivity index (χ1v) is 6.95. The zero-order valence-electron chi connectivity index (χ0n) is 11.2. The van der Waals surface area contributed by atoms with Crippen molar-refractivity contribution in [2.45, 2.75) is 0 Å². The molecule has 5 nitrogen and oxygen atoms in total. The van der Waals surface area contributed by atoms with Crippen LogP contribution in [0.25, 0.3) is 16.8 Å². The molecule has 6 heteroatoms. The Kier molecular flexibility index (Phi) is 2.71. The zero-order valence-corrected chi connectivity index (χ0v) is 11.9. The SMILES string of the molecule is O=c1c2[nH]c3cc(Cl)ccc3oc=2c(=O)n1-c1ccccc1. The van der Waals surface area contributed by atoms with Gasteiger partial charge in [-0.2, -0.15) is 0 Å². The van der Waals surface area contributed by atoms with Gasteiger partial charge in [0.25, 0.3) is 5.56 Å². The Labute approximate surface area is 128 Å². The molecule has 0 radical (unpaired) electrons. The molecule has 4 rings (SSSR count). The summed E-state index contributed by atoms with van der Waals surface area (Å²) in [5.41, 5.74) is 0.584. The normalized spacial score (nSPS) is 11.3. The molecule has 0 atom stereocenters. The minimum Gasteiger partial charge on any atom is -0.447 e. The van der Waals surface area contributed by atoms with E-state index in [2.05, 4.69) is 4.98 Å². The Morgan fingerprint density at radius 3 is 2.55 bits per heavy atom. The molecule has 0 fully saturated rings. The largest absolute Gasteiger partial charge is 0.447 e. The molecule has 0 bridgehead atoms. The minimum atomic E-state index is -0.487. The van der Waals surface area contributed by atoms with Crippen LogP contribution in [0, 0.1) is 10.8 Å². The van der Waals surface area contributed by atoms with Crippen LogP contribution in [0.4, 0.5) is 0 Å². The summed E-state index contributed by atoms with van der Waals surface area (Å²) in [5, 5.41) is 0.638. The van der Waals surface area contributed by atoms with Crippen molar-refractivity contribution in [3.63, 3.8) is 0 Å². The van der Waals surface area contributed by atoms with Crippen molar-refractivity contribution in [3.8, 4) is 5.69 Å². The van der Waals surface area contributed by atoms with Crippen LogP contribution in [-0.4, -0.2) is 9.55 Å². The number of rotatable bonds is 1. The summed E-state index contributed by atoms with van der Waals surface area (Å²) in [6.45, 7) is 0. The molecule has 1 N–H and O–H groups in total. The van der Waals surface area contributed by atoms with Crippen LogP contribution >= 0.6 is 11.6 Å². The highest BCUT2D eigenvalue weighted by molar-refractivity contribution is 6.31. The monoisotopic (exact) mass is 312 g/mol. The maximum absolute atomic E-state index is 12.5. The molecule has 2 aliphatic rings. The molecule has 108 valence electrons. The van der Waals surface area contributed by atoms with E-state index in [9.17, 15) is 9.59 Å². The van der Waals surface area contributed by atoms with E-state index in [1.807, 2.05) is 6.07 Å². The van der Waals surface area contributed by atoms with Crippen molar-refractivity contribution in [3.05, 3.63) is 85.0 Å². The van der Waals surface area contributed by atoms with E-state index in [1.54, 1.807) is 42.5 Å². The maximum Gasteiger partial charge on any atom is 0.303 e. The Morgan fingerprint density at radius 2 is 1.77 bits per heavy atom. The van der Waals surface area contributed by atoms with Gasteiger partial charge in [-0.05, 0) is 30.3 Å². The number of hydrogen-bond donors (Lipinski definition) is 1. The fourth-order valence-corrected chi connectivity index (χ4v) is 2.63.